The highest BCUT2D eigenvalue weighted by atomic mass is 35.5. The molecule has 1 fully saturated rings. The molecule has 4 rings (SSSR count). The van der Waals surface area contributed by atoms with E-state index in [2.05, 4.69) is 10.4 Å². The molecule has 1 aliphatic rings. The predicted molar refractivity (Wildman–Crippen MR) is 128 cm³/mol. The van der Waals surface area contributed by atoms with Gasteiger partial charge in [0.2, 0.25) is 5.91 Å². The lowest BCUT2D eigenvalue weighted by Gasteiger charge is -2.31. The van der Waals surface area contributed by atoms with Gasteiger partial charge in [0, 0.05) is 36.5 Å². The van der Waals surface area contributed by atoms with Gasteiger partial charge in [-0.25, -0.2) is 4.98 Å². The van der Waals surface area contributed by atoms with E-state index in [1.165, 1.54) is 11.3 Å². The second kappa shape index (κ2) is 10.1. The largest absolute Gasteiger partial charge is 0.342 e. The van der Waals surface area contributed by atoms with E-state index in [0.717, 1.165) is 29.1 Å². The topological polar surface area (TPSA) is 65.5 Å². The summed E-state index contributed by atoms with van der Waals surface area (Å²) in [7, 11) is 1.80. The lowest BCUT2D eigenvalue weighted by atomic mass is 9.97. The number of aromatic nitrogens is 1. The number of para-hydroxylation sites is 1. The van der Waals surface area contributed by atoms with Crippen LogP contribution >= 0.6 is 22.9 Å². The van der Waals surface area contributed by atoms with Crippen LogP contribution in [-0.4, -0.2) is 41.8 Å². The van der Waals surface area contributed by atoms with E-state index in [0.29, 0.717) is 30.2 Å². The minimum absolute atomic E-state index is 0.0969. The van der Waals surface area contributed by atoms with Gasteiger partial charge >= 0.3 is 0 Å². The molecule has 6 nitrogen and oxygen atoms in total. The number of hydrogen-bond donors (Lipinski definition) is 1. The molecule has 3 aromatic rings. The highest BCUT2D eigenvalue weighted by Crippen LogP contribution is 2.31. The Bertz CT molecular complexity index is 1080. The van der Waals surface area contributed by atoms with Crippen LogP contribution in [0, 0.1) is 0 Å². The van der Waals surface area contributed by atoms with Gasteiger partial charge in [0.05, 0.1) is 17.1 Å². The van der Waals surface area contributed by atoms with E-state index in [1.54, 1.807) is 17.4 Å². The fraction of sp³-hybridized carbons (Fsp3) is 0.292. The van der Waals surface area contributed by atoms with Gasteiger partial charge in [-0.05, 0) is 36.6 Å². The molecule has 0 radical (unpaired) electrons. The molecule has 166 valence electrons. The van der Waals surface area contributed by atoms with Crippen molar-refractivity contribution in [3.05, 3.63) is 81.3 Å². The first-order valence-electron chi connectivity index (χ1n) is 10.6. The van der Waals surface area contributed by atoms with Crippen LogP contribution in [0.3, 0.4) is 0 Å². The van der Waals surface area contributed by atoms with Crippen LogP contribution in [0.4, 0.5) is 5.69 Å². The van der Waals surface area contributed by atoms with Gasteiger partial charge in [0.25, 0.3) is 5.91 Å². The molecule has 0 saturated carbocycles. The van der Waals surface area contributed by atoms with Crippen molar-refractivity contribution in [2.45, 2.75) is 25.2 Å². The highest BCUT2D eigenvalue weighted by Gasteiger charge is 2.26. The summed E-state index contributed by atoms with van der Waals surface area (Å²) < 4.78 is 0. The average molecular weight is 469 g/mol. The molecule has 0 unspecified atom stereocenters. The number of anilines is 1. The number of hydrazine groups is 1. The summed E-state index contributed by atoms with van der Waals surface area (Å²) in [6, 6.07) is 17.1. The first-order valence-corrected chi connectivity index (χ1v) is 11.8. The van der Waals surface area contributed by atoms with Gasteiger partial charge in [-0.2, -0.15) is 0 Å². The smallest absolute Gasteiger partial charge is 0.289 e. The molecule has 0 atom stereocenters. The Morgan fingerprint density at radius 3 is 2.53 bits per heavy atom. The molecule has 32 heavy (non-hydrogen) atoms. The Morgan fingerprint density at radius 1 is 1.12 bits per heavy atom. The summed E-state index contributed by atoms with van der Waals surface area (Å²) in [5, 5.41) is 5.07. The van der Waals surface area contributed by atoms with Crippen molar-refractivity contribution in [2.75, 3.05) is 25.1 Å². The molecule has 1 aliphatic heterocycles. The van der Waals surface area contributed by atoms with E-state index >= 15 is 0 Å². The van der Waals surface area contributed by atoms with Crippen LogP contribution in [0.15, 0.2) is 60.0 Å². The number of thiazole rings is 1. The third-order valence-electron chi connectivity index (χ3n) is 5.66. The molecule has 0 bridgehead atoms. The number of nitrogens with one attached hydrogen (secondary N) is 1. The predicted octanol–water partition coefficient (Wildman–Crippen LogP) is 4.53. The van der Waals surface area contributed by atoms with Gasteiger partial charge in [0.15, 0.2) is 0 Å². The quantitative estimate of drug-likeness (QED) is 0.540. The lowest BCUT2D eigenvalue weighted by Crippen LogP contribution is -2.39. The third-order valence-corrected chi connectivity index (χ3v) is 7.04. The number of rotatable bonds is 6. The number of hydrogen-bond acceptors (Lipinski definition) is 5. The van der Waals surface area contributed by atoms with Crippen molar-refractivity contribution in [3.8, 4) is 0 Å². The minimum Gasteiger partial charge on any atom is -0.342 e. The Labute approximate surface area is 196 Å². The molecule has 1 aromatic heterocycles. The lowest BCUT2D eigenvalue weighted by molar-refractivity contribution is -0.131. The second-order valence-corrected chi connectivity index (χ2v) is 9.13. The van der Waals surface area contributed by atoms with Gasteiger partial charge in [-0.3, -0.25) is 20.0 Å². The highest BCUT2D eigenvalue weighted by molar-refractivity contribution is 7.09. The summed E-state index contributed by atoms with van der Waals surface area (Å²) in [6.07, 6.45) is 2.00. The maximum Gasteiger partial charge on any atom is 0.289 e. The maximum atomic E-state index is 12.7. The van der Waals surface area contributed by atoms with E-state index < -0.39 is 0 Å². The average Bonchev–Trinajstić information content (AvgIpc) is 3.32. The normalized spacial score (nSPS) is 14.2. The molecule has 1 saturated heterocycles. The molecule has 1 N–H and O–H groups in total. The molecule has 2 heterocycles. The Kier molecular flexibility index (Phi) is 7.07. The molecule has 2 aromatic carbocycles. The molecular formula is C24H25ClN4O2S. The summed E-state index contributed by atoms with van der Waals surface area (Å²) in [6.45, 7) is 1.37. The van der Waals surface area contributed by atoms with E-state index in [4.69, 9.17) is 11.6 Å². The zero-order valence-corrected chi connectivity index (χ0v) is 19.4. The maximum absolute atomic E-state index is 12.7. The number of likely N-dealkylation sites (tertiary alicyclic amines) is 1. The van der Waals surface area contributed by atoms with Crippen molar-refractivity contribution < 1.29 is 9.59 Å². The molecule has 0 spiro atoms. The van der Waals surface area contributed by atoms with Crippen molar-refractivity contribution in [3.63, 3.8) is 0 Å². The molecular weight excluding hydrogens is 444 g/mol. The minimum atomic E-state index is -0.230. The summed E-state index contributed by atoms with van der Waals surface area (Å²) >= 11 is 7.70. The van der Waals surface area contributed by atoms with Crippen LogP contribution in [0.1, 0.15) is 39.8 Å². The standard InChI is InChI=1S/C24H25ClN4O2S/c1-28(19-8-3-2-4-9-19)27-23(31)21-16-32-24(26-21)17-11-13-29(14-12-17)22(30)15-18-7-5-6-10-20(18)25/h2-10,16-17H,11-15H2,1H3,(H,27,31). The van der Waals surface area contributed by atoms with E-state index in [9.17, 15) is 9.59 Å². The van der Waals surface area contributed by atoms with Crippen LogP contribution in [-0.2, 0) is 11.2 Å². The fourth-order valence-corrected chi connectivity index (χ4v) is 4.97. The Morgan fingerprint density at radius 2 is 1.81 bits per heavy atom. The van der Waals surface area contributed by atoms with Crippen molar-refractivity contribution in [1.82, 2.24) is 15.3 Å². The summed E-state index contributed by atoms with van der Waals surface area (Å²) in [5.74, 6) is 0.128. The van der Waals surface area contributed by atoms with E-state index in [-0.39, 0.29) is 17.7 Å². The summed E-state index contributed by atoms with van der Waals surface area (Å²) in [4.78, 5) is 31.8. The van der Waals surface area contributed by atoms with Gasteiger partial charge in [0.1, 0.15) is 5.69 Å². The first kappa shape index (κ1) is 22.3. The van der Waals surface area contributed by atoms with Gasteiger partial charge in [-0.1, -0.05) is 48.0 Å². The second-order valence-electron chi connectivity index (χ2n) is 7.83. The first-order chi connectivity index (χ1) is 15.5. The fourth-order valence-electron chi connectivity index (χ4n) is 3.80. The number of benzene rings is 2. The van der Waals surface area contributed by atoms with Crippen LogP contribution in [0.25, 0.3) is 0 Å². The zero-order valence-electron chi connectivity index (χ0n) is 17.8. The molecule has 0 aliphatic carbocycles. The van der Waals surface area contributed by atoms with Gasteiger partial charge < -0.3 is 4.90 Å². The third kappa shape index (κ3) is 5.29. The number of piperidine rings is 1. The van der Waals surface area contributed by atoms with Crippen LogP contribution in [0.5, 0.6) is 0 Å². The van der Waals surface area contributed by atoms with Crippen molar-refractivity contribution in [2.24, 2.45) is 0 Å². The van der Waals surface area contributed by atoms with Crippen LogP contribution in [0.2, 0.25) is 5.02 Å². The van der Waals surface area contributed by atoms with Crippen molar-refractivity contribution >= 4 is 40.4 Å². The molecule has 8 heteroatoms. The van der Waals surface area contributed by atoms with E-state index in [1.807, 2.05) is 59.5 Å². The molecule has 2 amide bonds. The van der Waals surface area contributed by atoms with Crippen molar-refractivity contribution in [1.29, 1.82) is 0 Å². The van der Waals surface area contributed by atoms with Crippen LogP contribution < -0.4 is 10.4 Å². The summed E-state index contributed by atoms with van der Waals surface area (Å²) in [5.41, 5.74) is 5.03. The Balaban J connectivity index is 1.30. The van der Waals surface area contributed by atoms with Gasteiger partial charge in [-0.15, -0.1) is 11.3 Å². The number of carbonyl (C=O) groups is 2. The monoisotopic (exact) mass is 468 g/mol. The number of nitrogens with zero attached hydrogens (tertiary/aromatic N) is 3. The zero-order chi connectivity index (χ0) is 22.5. The Hall–Kier alpha value is -2.90. The number of carbonyl (C=O) groups excluding carboxylic acids is 2. The number of halogens is 1. The number of amides is 2. The SMILES string of the molecule is CN(NC(=O)c1csc(C2CCN(C(=O)Cc3ccccc3Cl)CC2)n1)c1ccccc1.